The molecule has 1 saturated heterocycles. The van der Waals surface area contributed by atoms with Gasteiger partial charge in [-0.05, 0) is 19.8 Å². The number of nitrogens with two attached hydrogens (primary N) is 1. The van der Waals surface area contributed by atoms with E-state index in [1.54, 1.807) is 0 Å². The number of rotatable bonds is 7. The molecule has 10 nitrogen and oxygen atoms in total. The molecule has 1 heterocycles. The van der Waals surface area contributed by atoms with Gasteiger partial charge < -0.3 is 36.8 Å². The van der Waals surface area contributed by atoms with E-state index in [4.69, 9.17) is 26.2 Å². The van der Waals surface area contributed by atoms with Crippen molar-refractivity contribution < 1.29 is 34.8 Å². The molecule has 1 aliphatic rings. The maximum atomic E-state index is 10.3. The normalized spacial score (nSPS) is 14.2. The van der Waals surface area contributed by atoms with Crippen molar-refractivity contribution in [3.8, 4) is 0 Å². The monoisotopic (exact) mass is 379 g/mol. The number of carbonyl (C=O) groups is 3. The van der Waals surface area contributed by atoms with E-state index in [1.165, 1.54) is 0 Å². The Bertz CT molecular complexity index is 404. The zero-order valence-corrected chi connectivity index (χ0v) is 15.7. The van der Waals surface area contributed by atoms with Gasteiger partial charge in [-0.2, -0.15) is 0 Å². The number of aliphatic hydroxyl groups is 1. The Labute approximate surface area is 153 Å². The highest BCUT2D eigenvalue weighted by molar-refractivity contribution is 5.88. The molecule has 154 valence electrons. The lowest BCUT2D eigenvalue weighted by Gasteiger charge is -2.18. The van der Waals surface area contributed by atoms with Gasteiger partial charge in [-0.15, -0.1) is 0 Å². The Morgan fingerprint density at radius 3 is 1.31 bits per heavy atom. The minimum atomic E-state index is -2.74. The first kappa shape index (κ1) is 26.5. The van der Waals surface area contributed by atoms with Crippen molar-refractivity contribution in [3.05, 3.63) is 0 Å². The lowest BCUT2D eigenvalue weighted by atomic mass is 9.96. The molecule has 0 aliphatic carbocycles. The van der Waals surface area contributed by atoms with Crippen LogP contribution in [0, 0.1) is 0 Å². The van der Waals surface area contributed by atoms with Crippen molar-refractivity contribution in [2.75, 3.05) is 26.2 Å². The Hall–Kier alpha value is -1.75. The minimum Gasteiger partial charge on any atom is -0.481 e. The Morgan fingerprint density at radius 1 is 0.885 bits per heavy atom. The highest BCUT2D eigenvalue weighted by Gasteiger charge is 2.40. The highest BCUT2D eigenvalue weighted by Crippen LogP contribution is 2.15. The van der Waals surface area contributed by atoms with Crippen molar-refractivity contribution in [2.45, 2.75) is 57.6 Å². The number of carboxylic acid groups (broad SMARTS) is 3. The number of nitrogens with one attached hydrogen (secondary N) is 2. The topological polar surface area (TPSA) is 182 Å². The van der Waals surface area contributed by atoms with Gasteiger partial charge in [-0.25, -0.2) is 4.79 Å². The molecule has 1 rings (SSSR count). The fourth-order valence-corrected chi connectivity index (χ4v) is 1.57. The summed E-state index contributed by atoms with van der Waals surface area (Å²) in [6.07, 6.45) is -0.143. The first-order valence-electron chi connectivity index (χ1n) is 8.50. The van der Waals surface area contributed by atoms with Crippen molar-refractivity contribution in [3.63, 3.8) is 0 Å². The van der Waals surface area contributed by atoms with Crippen LogP contribution in [-0.4, -0.2) is 75.7 Å². The second-order valence-corrected chi connectivity index (χ2v) is 6.34. The summed E-state index contributed by atoms with van der Waals surface area (Å²) >= 11 is 0. The largest absolute Gasteiger partial charge is 0.481 e. The van der Waals surface area contributed by atoms with E-state index in [1.807, 2.05) is 0 Å². The predicted octanol–water partition coefficient (Wildman–Crippen LogP) is -0.545. The van der Waals surface area contributed by atoms with Crippen LogP contribution < -0.4 is 16.4 Å². The summed E-state index contributed by atoms with van der Waals surface area (Å²) in [5.41, 5.74) is 3.06. The van der Waals surface area contributed by atoms with Crippen LogP contribution in [0.25, 0.3) is 0 Å². The van der Waals surface area contributed by atoms with Crippen LogP contribution in [0.1, 0.15) is 46.5 Å². The van der Waals surface area contributed by atoms with Gasteiger partial charge in [0.15, 0.2) is 5.60 Å². The van der Waals surface area contributed by atoms with Crippen LogP contribution in [0.5, 0.6) is 0 Å². The predicted molar refractivity (Wildman–Crippen MR) is 96.0 cm³/mol. The van der Waals surface area contributed by atoms with Gasteiger partial charge in [0.25, 0.3) is 0 Å². The van der Waals surface area contributed by atoms with E-state index in [0.29, 0.717) is 0 Å². The molecule has 1 fully saturated rings. The molecule has 1 aliphatic heterocycles. The van der Waals surface area contributed by atoms with E-state index in [9.17, 15) is 14.4 Å². The lowest BCUT2D eigenvalue weighted by molar-refractivity contribution is -0.170. The van der Waals surface area contributed by atoms with Gasteiger partial charge in [0.2, 0.25) is 0 Å². The molecule has 8 N–H and O–H groups in total. The summed E-state index contributed by atoms with van der Waals surface area (Å²) in [5, 5.41) is 40.3. The average Bonchev–Trinajstić information content (AvgIpc) is 2.56. The molecule has 10 heteroatoms. The van der Waals surface area contributed by atoms with E-state index >= 15 is 0 Å². The Morgan fingerprint density at radius 2 is 1.19 bits per heavy atom. The molecule has 0 spiro atoms. The first-order valence-corrected chi connectivity index (χ1v) is 8.50. The summed E-state index contributed by atoms with van der Waals surface area (Å²) in [6.45, 7) is 10.9. The maximum Gasteiger partial charge on any atom is 0.336 e. The van der Waals surface area contributed by atoms with Gasteiger partial charge in [0.1, 0.15) is 0 Å². The van der Waals surface area contributed by atoms with Crippen LogP contribution in [0.15, 0.2) is 0 Å². The highest BCUT2D eigenvalue weighted by atomic mass is 16.4. The van der Waals surface area contributed by atoms with Crippen LogP contribution in [0.3, 0.4) is 0 Å². The molecule has 0 aromatic rings. The fourth-order valence-electron chi connectivity index (χ4n) is 1.57. The molecule has 0 saturated carbocycles. The number of carboxylic acids is 3. The summed E-state index contributed by atoms with van der Waals surface area (Å²) in [7, 11) is 0. The smallest absolute Gasteiger partial charge is 0.336 e. The van der Waals surface area contributed by atoms with Gasteiger partial charge in [-0.3, -0.25) is 9.59 Å². The molecule has 0 unspecified atom stereocenters. The maximum absolute atomic E-state index is 10.3. The standard InChI is InChI=1S/C6H15N.C6H8O7.C4H10N2/c1-4-6(3,7)5-2;7-3(8)1-6(13,5(11)12)2-4(9)10;1-2-6-4-3-5-1/h4-5,7H2,1-3H3;13H,1-2H2,(H,7,8)(H,9,10)(H,11,12);5-6H,1-4H2. The summed E-state index contributed by atoms with van der Waals surface area (Å²) < 4.78 is 0. The average molecular weight is 379 g/mol. The number of piperazine rings is 1. The lowest BCUT2D eigenvalue weighted by Crippen LogP contribution is -2.42. The molecule has 0 aromatic heterocycles. The number of hydrogen-bond donors (Lipinski definition) is 7. The molecule has 0 aromatic carbocycles. The number of hydrogen-bond acceptors (Lipinski definition) is 7. The van der Waals surface area contributed by atoms with E-state index < -0.39 is 36.4 Å². The summed E-state index contributed by atoms with van der Waals surface area (Å²) in [5.74, 6) is -5.02. The molecule has 0 bridgehead atoms. The molecule has 0 amide bonds. The van der Waals surface area contributed by atoms with E-state index in [2.05, 4.69) is 31.4 Å². The zero-order valence-electron chi connectivity index (χ0n) is 15.7. The molecule has 0 atom stereocenters. The summed E-state index contributed by atoms with van der Waals surface area (Å²) in [6, 6.07) is 0. The SMILES string of the molecule is C1CNCCN1.CCC(C)(N)CC.O=C(O)CC(O)(CC(=O)O)C(=O)O. The number of aliphatic carboxylic acids is 3. The third-order valence-electron chi connectivity index (χ3n) is 3.86. The second-order valence-electron chi connectivity index (χ2n) is 6.34. The van der Waals surface area contributed by atoms with Gasteiger partial charge in [0.05, 0.1) is 12.8 Å². The van der Waals surface area contributed by atoms with Crippen LogP contribution in [0.4, 0.5) is 0 Å². The quantitative estimate of drug-likeness (QED) is 0.303. The third kappa shape index (κ3) is 14.6. The van der Waals surface area contributed by atoms with E-state index in [0.717, 1.165) is 39.0 Å². The van der Waals surface area contributed by atoms with Crippen molar-refractivity contribution in [2.24, 2.45) is 5.73 Å². The van der Waals surface area contributed by atoms with Crippen LogP contribution in [-0.2, 0) is 14.4 Å². The zero-order chi connectivity index (χ0) is 20.8. The fraction of sp³-hybridized carbons (Fsp3) is 0.812. The van der Waals surface area contributed by atoms with Crippen molar-refractivity contribution in [1.82, 2.24) is 10.6 Å². The Kier molecular flexibility index (Phi) is 13.7. The summed E-state index contributed by atoms with van der Waals surface area (Å²) in [4.78, 5) is 30.5. The first-order chi connectivity index (χ1) is 11.9. The van der Waals surface area contributed by atoms with Gasteiger partial charge in [0, 0.05) is 31.7 Å². The Balaban J connectivity index is 0. The van der Waals surface area contributed by atoms with Crippen molar-refractivity contribution in [1.29, 1.82) is 0 Å². The van der Waals surface area contributed by atoms with Crippen LogP contribution >= 0.6 is 0 Å². The van der Waals surface area contributed by atoms with E-state index in [-0.39, 0.29) is 5.54 Å². The molecule has 0 radical (unpaired) electrons. The molecular formula is C16H33N3O7. The van der Waals surface area contributed by atoms with Crippen molar-refractivity contribution >= 4 is 17.9 Å². The third-order valence-corrected chi connectivity index (χ3v) is 3.86. The minimum absolute atomic E-state index is 0.0833. The second kappa shape index (κ2) is 13.5. The molecular weight excluding hydrogens is 346 g/mol. The van der Waals surface area contributed by atoms with Gasteiger partial charge in [-0.1, -0.05) is 13.8 Å². The van der Waals surface area contributed by atoms with Crippen LogP contribution in [0.2, 0.25) is 0 Å². The molecule has 26 heavy (non-hydrogen) atoms. The van der Waals surface area contributed by atoms with Gasteiger partial charge >= 0.3 is 17.9 Å².